The van der Waals surface area contributed by atoms with Crippen LogP contribution in [0.4, 0.5) is 8.78 Å². The maximum atomic E-state index is 14.0. The van der Waals surface area contributed by atoms with Crippen molar-refractivity contribution in [3.8, 4) is 0 Å². The lowest BCUT2D eigenvalue weighted by molar-refractivity contribution is -0.138. The van der Waals surface area contributed by atoms with E-state index in [1.165, 1.54) is 6.42 Å². The van der Waals surface area contributed by atoms with Crippen molar-refractivity contribution in [1.82, 2.24) is 9.62 Å². The Labute approximate surface area is 154 Å². The van der Waals surface area contributed by atoms with Gasteiger partial charge in [-0.25, -0.2) is 21.9 Å². The van der Waals surface area contributed by atoms with E-state index in [1.54, 1.807) is 0 Å². The molecule has 0 radical (unpaired) electrons. The van der Waals surface area contributed by atoms with E-state index in [4.69, 9.17) is 0 Å². The molecule has 3 fully saturated rings. The number of halogens is 2. The van der Waals surface area contributed by atoms with Crippen LogP contribution in [0.15, 0.2) is 0 Å². The second kappa shape index (κ2) is 8.09. The van der Waals surface area contributed by atoms with Crippen molar-refractivity contribution in [3.63, 3.8) is 0 Å². The van der Waals surface area contributed by atoms with Gasteiger partial charge in [-0.1, -0.05) is 25.7 Å². The molecule has 150 valence electrons. The number of amides is 1. The van der Waals surface area contributed by atoms with Gasteiger partial charge < -0.3 is 4.90 Å². The van der Waals surface area contributed by atoms with Crippen LogP contribution >= 0.6 is 0 Å². The predicted octanol–water partition coefficient (Wildman–Crippen LogP) is 3.06. The summed E-state index contributed by atoms with van der Waals surface area (Å²) in [5.41, 5.74) is 0. The first-order valence-electron chi connectivity index (χ1n) is 9.97. The molecule has 3 rings (SSSR count). The van der Waals surface area contributed by atoms with Crippen molar-refractivity contribution in [3.05, 3.63) is 0 Å². The van der Waals surface area contributed by atoms with E-state index in [1.807, 2.05) is 4.90 Å². The van der Waals surface area contributed by atoms with Crippen LogP contribution in [0, 0.1) is 5.92 Å². The van der Waals surface area contributed by atoms with Crippen LogP contribution in [0.25, 0.3) is 0 Å². The van der Waals surface area contributed by atoms with Gasteiger partial charge in [-0.3, -0.25) is 4.79 Å². The SMILES string of the molecule is O=C1C(NS(=O)(=O)CC2CCCCC2(F)F)CCCN1C1CCCCC1. The molecule has 1 amide bonds. The van der Waals surface area contributed by atoms with Crippen LogP contribution in [0.3, 0.4) is 0 Å². The first-order chi connectivity index (χ1) is 12.3. The number of carbonyl (C=O) groups is 1. The molecule has 1 heterocycles. The monoisotopic (exact) mass is 392 g/mol. The van der Waals surface area contributed by atoms with Gasteiger partial charge in [0.05, 0.1) is 5.75 Å². The molecular weight excluding hydrogens is 362 g/mol. The third kappa shape index (κ3) is 4.74. The Balaban J connectivity index is 1.62. The quantitative estimate of drug-likeness (QED) is 0.782. The molecule has 3 aliphatic rings. The minimum absolute atomic E-state index is 0.179. The van der Waals surface area contributed by atoms with E-state index in [-0.39, 0.29) is 24.8 Å². The van der Waals surface area contributed by atoms with Crippen molar-refractivity contribution in [2.45, 2.75) is 88.6 Å². The number of piperidine rings is 1. The van der Waals surface area contributed by atoms with Gasteiger partial charge in [-0.15, -0.1) is 0 Å². The Bertz CT molecular complexity index is 606. The highest BCUT2D eigenvalue weighted by Crippen LogP contribution is 2.39. The average molecular weight is 393 g/mol. The lowest BCUT2D eigenvalue weighted by atomic mass is 9.87. The standard InChI is InChI=1S/C18H30F2N2O3S/c19-18(20)11-5-4-7-14(18)13-26(24,25)21-16-10-6-12-22(17(16)23)15-8-2-1-3-9-15/h14-16,21H,1-13H2. The van der Waals surface area contributed by atoms with Crippen LogP contribution in [0.5, 0.6) is 0 Å². The number of sulfonamides is 1. The lowest BCUT2D eigenvalue weighted by Crippen LogP contribution is -2.56. The maximum absolute atomic E-state index is 14.0. The molecule has 2 atom stereocenters. The zero-order valence-corrected chi connectivity index (χ0v) is 16.1. The summed E-state index contributed by atoms with van der Waals surface area (Å²) in [6.45, 7) is 0.669. The van der Waals surface area contributed by atoms with Crippen molar-refractivity contribution >= 4 is 15.9 Å². The van der Waals surface area contributed by atoms with Gasteiger partial charge in [0.15, 0.2) is 0 Å². The number of hydrogen-bond acceptors (Lipinski definition) is 3. The van der Waals surface area contributed by atoms with E-state index < -0.39 is 33.7 Å². The Morgan fingerprint density at radius 2 is 1.69 bits per heavy atom. The summed E-state index contributed by atoms with van der Waals surface area (Å²) >= 11 is 0. The minimum Gasteiger partial charge on any atom is -0.338 e. The van der Waals surface area contributed by atoms with Gasteiger partial charge in [0, 0.05) is 24.9 Å². The number of hydrogen-bond donors (Lipinski definition) is 1. The van der Waals surface area contributed by atoms with Gasteiger partial charge in [0.2, 0.25) is 15.9 Å². The van der Waals surface area contributed by atoms with Crippen LogP contribution in [-0.4, -0.2) is 49.5 Å². The summed E-state index contributed by atoms with van der Waals surface area (Å²) < 4.78 is 55.4. The molecule has 0 aromatic heterocycles. The Kier molecular flexibility index (Phi) is 6.22. The van der Waals surface area contributed by atoms with Crippen molar-refractivity contribution in [2.24, 2.45) is 5.92 Å². The summed E-state index contributed by atoms with van der Waals surface area (Å²) in [7, 11) is -3.92. The second-order valence-electron chi connectivity index (χ2n) is 8.12. The minimum atomic E-state index is -3.92. The molecule has 0 bridgehead atoms. The fourth-order valence-electron chi connectivity index (χ4n) is 4.67. The largest absolute Gasteiger partial charge is 0.338 e. The number of alkyl halides is 2. The number of nitrogens with zero attached hydrogens (tertiary/aromatic N) is 1. The summed E-state index contributed by atoms with van der Waals surface area (Å²) in [5, 5.41) is 0. The summed E-state index contributed by atoms with van der Waals surface area (Å²) in [4.78, 5) is 14.6. The van der Waals surface area contributed by atoms with Gasteiger partial charge in [0.1, 0.15) is 6.04 Å². The highest BCUT2D eigenvalue weighted by atomic mass is 32.2. The van der Waals surface area contributed by atoms with E-state index in [2.05, 4.69) is 4.72 Å². The Morgan fingerprint density at radius 3 is 2.38 bits per heavy atom. The third-order valence-corrected chi connectivity index (χ3v) is 7.63. The second-order valence-corrected chi connectivity index (χ2v) is 9.92. The van der Waals surface area contributed by atoms with E-state index >= 15 is 0 Å². The van der Waals surface area contributed by atoms with Crippen LogP contribution in [0.2, 0.25) is 0 Å². The molecule has 0 aromatic carbocycles. The molecule has 1 saturated heterocycles. The highest BCUT2D eigenvalue weighted by Gasteiger charge is 2.44. The fourth-order valence-corrected chi connectivity index (χ4v) is 6.35. The maximum Gasteiger partial charge on any atom is 0.251 e. The normalized spacial score (nSPS) is 31.2. The molecule has 0 aromatic rings. The van der Waals surface area contributed by atoms with E-state index in [0.29, 0.717) is 25.8 Å². The van der Waals surface area contributed by atoms with Gasteiger partial charge in [0.25, 0.3) is 5.92 Å². The average Bonchev–Trinajstić information content (AvgIpc) is 2.59. The highest BCUT2D eigenvalue weighted by molar-refractivity contribution is 7.89. The lowest BCUT2D eigenvalue weighted by Gasteiger charge is -2.40. The molecule has 1 aliphatic heterocycles. The van der Waals surface area contributed by atoms with Gasteiger partial charge >= 0.3 is 0 Å². The first kappa shape index (κ1) is 20.0. The van der Waals surface area contributed by atoms with Crippen molar-refractivity contribution in [1.29, 1.82) is 0 Å². The number of nitrogens with one attached hydrogen (secondary N) is 1. The van der Waals surface area contributed by atoms with Crippen LogP contribution in [-0.2, 0) is 14.8 Å². The van der Waals surface area contributed by atoms with Crippen molar-refractivity contribution in [2.75, 3.05) is 12.3 Å². The summed E-state index contributed by atoms with van der Waals surface area (Å²) in [6.07, 6.45) is 7.57. The molecule has 2 unspecified atom stereocenters. The van der Waals surface area contributed by atoms with Gasteiger partial charge in [-0.2, -0.15) is 0 Å². The molecule has 2 aliphatic carbocycles. The molecule has 1 N–H and O–H groups in total. The Morgan fingerprint density at radius 1 is 1.00 bits per heavy atom. The smallest absolute Gasteiger partial charge is 0.251 e. The molecular formula is C18H30F2N2O3S. The van der Waals surface area contributed by atoms with Gasteiger partial charge in [-0.05, 0) is 38.5 Å². The van der Waals surface area contributed by atoms with E-state index in [9.17, 15) is 22.0 Å². The summed E-state index contributed by atoms with van der Waals surface area (Å²) in [6, 6.07) is -0.598. The van der Waals surface area contributed by atoms with E-state index in [0.717, 1.165) is 32.1 Å². The van der Waals surface area contributed by atoms with Crippen LogP contribution < -0.4 is 4.72 Å². The zero-order valence-electron chi connectivity index (χ0n) is 15.3. The predicted molar refractivity (Wildman–Crippen MR) is 95.4 cm³/mol. The number of rotatable bonds is 5. The molecule has 26 heavy (non-hydrogen) atoms. The van der Waals surface area contributed by atoms with Crippen LogP contribution in [0.1, 0.15) is 70.6 Å². The molecule has 5 nitrogen and oxygen atoms in total. The Hall–Kier alpha value is -0.760. The molecule has 8 heteroatoms. The number of likely N-dealkylation sites (tertiary alicyclic amines) is 1. The topological polar surface area (TPSA) is 66.5 Å². The molecule has 2 saturated carbocycles. The number of carbonyl (C=O) groups excluding carboxylic acids is 1. The third-order valence-electron chi connectivity index (χ3n) is 6.14. The first-order valence-corrected chi connectivity index (χ1v) is 11.6. The zero-order chi connectivity index (χ0) is 18.8. The summed E-state index contributed by atoms with van der Waals surface area (Å²) in [5.74, 6) is -4.85. The van der Waals surface area contributed by atoms with Crippen molar-refractivity contribution < 1.29 is 22.0 Å². The molecule has 0 spiro atoms. The fraction of sp³-hybridized carbons (Fsp3) is 0.944.